The number of aliphatic carboxylic acids is 1. The van der Waals surface area contributed by atoms with Gasteiger partial charge in [0.05, 0.1) is 0 Å². The molecule has 4 rings (SSSR count). The number of phenolic OH excluding ortho intramolecular Hbond substituents is 5. The third-order valence-corrected chi connectivity index (χ3v) is 5.35. The van der Waals surface area contributed by atoms with Crippen LogP contribution in [0.3, 0.4) is 0 Å². The molecule has 0 bridgehead atoms. The molecule has 0 spiro atoms. The van der Waals surface area contributed by atoms with Crippen molar-refractivity contribution in [3.05, 3.63) is 71.8 Å². The first-order valence-electron chi connectivity index (χ1n) is 10.5. The topological polar surface area (TPSA) is 178 Å². The average Bonchev–Trinajstić information content (AvgIpc) is 3.29. The van der Waals surface area contributed by atoms with Crippen LogP contribution in [0.5, 0.6) is 28.7 Å². The van der Waals surface area contributed by atoms with Crippen molar-refractivity contribution in [2.24, 2.45) is 0 Å². The number of carbonyl (C=O) groups is 2. The van der Waals surface area contributed by atoms with Crippen molar-refractivity contribution in [1.82, 2.24) is 0 Å². The molecule has 10 nitrogen and oxygen atoms in total. The lowest BCUT2D eigenvalue weighted by Crippen LogP contribution is -2.28. The van der Waals surface area contributed by atoms with Crippen LogP contribution in [0.4, 0.5) is 0 Å². The Bertz CT molecular complexity index is 1500. The van der Waals surface area contributed by atoms with Crippen molar-refractivity contribution >= 4 is 29.0 Å². The number of carbonyl (C=O) groups excluding carboxylic acids is 1. The molecule has 0 aliphatic carbocycles. The molecule has 184 valence electrons. The molecule has 4 aromatic rings. The minimum atomic E-state index is -1.55. The predicted molar refractivity (Wildman–Crippen MR) is 127 cm³/mol. The smallest absolute Gasteiger partial charge is 0.345 e. The Kier molecular flexibility index (Phi) is 6.42. The zero-order valence-electron chi connectivity index (χ0n) is 18.5. The van der Waals surface area contributed by atoms with Gasteiger partial charge in [0.1, 0.15) is 5.76 Å². The van der Waals surface area contributed by atoms with E-state index in [1.807, 2.05) is 0 Å². The number of esters is 1. The number of aromatic hydroxyl groups is 5. The SMILES string of the molecule is O=C(C=Cc1ccc(O)c2oc(-c3ccc(O)c(O)c3)cc12)O[C@H](Cc1ccc(O)c(O)c1)C(=O)O. The van der Waals surface area contributed by atoms with Gasteiger partial charge >= 0.3 is 11.9 Å². The monoisotopic (exact) mass is 492 g/mol. The summed E-state index contributed by atoms with van der Waals surface area (Å²) >= 11 is 0. The first-order chi connectivity index (χ1) is 17.1. The van der Waals surface area contributed by atoms with Gasteiger partial charge < -0.3 is 39.8 Å². The number of fused-ring (bicyclic) bond motifs is 1. The average molecular weight is 492 g/mol. The van der Waals surface area contributed by atoms with E-state index in [0.29, 0.717) is 22.1 Å². The lowest BCUT2D eigenvalue weighted by Gasteiger charge is -2.13. The Hall–Kier alpha value is -5.12. The molecule has 6 N–H and O–H groups in total. The molecule has 0 aliphatic rings. The highest BCUT2D eigenvalue weighted by Crippen LogP contribution is 2.38. The molecule has 0 saturated carbocycles. The van der Waals surface area contributed by atoms with Gasteiger partial charge in [0.2, 0.25) is 6.10 Å². The van der Waals surface area contributed by atoms with E-state index < -0.39 is 23.8 Å². The van der Waals surface area contributed by atoms with Gasteiger partial charge in [-0.05, 0) is 59.7 Å². The predicted octanol–water partition coefficient (Wildman–Crippen LogP) is 3.88. The largest absolute Gasteiger partial charge is 0.504 e. The zero-order chi connectivity index (χ0) is 26.0. The maximum atomic E-state index is 12.4. The Balaban J connectivity index is 1.56. The highest BCUT2D eigenvalue weighted by atomic mass is 16.6. The van der Waals surface area contributed by atoms with E-state index in [0.717, 1.165) is 6.08 Å². The summed E-state index contributed by atoms with van der Waals surface area (Å²) in [6.45, 7) is 0. The Morgan fingerprint density at radius 3 is 2.17 bits per heavy atom. The van der Waals surface area contributed by atoms with Crippen LogP contribution in [0.2, 0.25) is 0 Å². The molecule has 3 aromatic carbocycles. The third kappa shape index (κ3) is 5.02. The number of carboxylic acids is 1. The number of rotatable bonds is 7. The molecule has 0 fully saturated rings. The van der Waals surface area contributed by atoms with E-state index in [1.54, 1.807) is 6.07 Å². The van der Waals surface area contributed by atoms with Gasteiger partial charge in [-0.15, -0.1) is 0 Å². The van der Waals surface area contributed by atoms with Gasteiger partial charge in [-0.2, -0.15) is 0 Å². The molecule has 0 aliphatic heterocycles. The second-order valence-electron chi connectivity index (χ2n) is 7.86. The van der Waals surface area contributed by atoms with E-state index in [9.17, 15) is 40.2 Å². The number of furan rings is 1. The number of hydrogen-bond acceptors (Lipinski definition) is 9. The number of hydrogen-bond donors (Lipinski definition) is 6. The maximum absolute atomic E-state index is 12.4. The minimum absolute atomic E-state index is 0.114. The van der Waals surface area contributed by atoms with Crippen molar-refractivity contribution in [2.75, 3.05) is 0 Å². The van der Waals surface area contributed by atoms with Crippen molar-refractivity contribution in [3.8, 4) is 40.1 Å². The molecule has 0 amide bonds. The lowest BCUT2D eigenvalue weighted by molar-refractivity contribution is -0.160. The summed E-state index contributed by atoms with van der Waals surface area (Å²) in [4.78, 5) is 23.9. The number of carboxylic acid groups (broad SMARTS) is 1. The number of phenols is 5. The van der Waals surface area contributed by atoms with Gasteiger partial charge in [0, 0.05) is 23.4 Å². The van der Waals surface area contributed by atoms with Gasteiger partial charge in [0.15, 0.2) is 34.3 Å². The van der Waals surface area contributed by atoms with Crippen LogP contribution in [0.1, 0.15) is 11.1 Å². The first kappa shape index (κ1) is 24.0. The molecule has 1 aromatic heterocycles. The van der Waals surface area contributed by atoms with E-state index in [1.165, 1.54) is 54.6 Å². The standard InChI is InChI=1S/C26H20O10/c27-17-5-1-13(9-20(17)30)10-23(26(33)34)35-24(32)8-4-14-2-7-19(29)25-16(14)12-22(36-25)15-3-6-18(28)21(31)11-15/h1-9,11-12,23,27-31H,10H2,(H,33,34)/t23-/m1/s1. The molecule has 0 unspecified atom stereocenters. The van der Waals surface area contributed by atoms with Gasteiger partial charge in [0.25, 0.3) is 0 Å². The summed E-state index contributed by atoms with van der Waals surface area (Å²) in [6, 6.07) is 12.3. The second-order valence-corrected chi connectivity index (χ2v) is 7.86. The lowest BCUT2D eigenvalue weighted by atomic mass is 10.1. The summed E-state index contributed by atoms with van der Waals surface area (Å²) in [5.41, 5.74) is 1.33. The van der Waals surface area contributed by atoms with Crippen LogP contribution in [-0.2, 0) is 20.7 Å². The Morgan fingerprint density at radius 2 is 1.50 bits per heavy atom. The highest BCUT2D eigenvalue weighted by Gasteiger charge is 2.22. The summed E-state index contributed by atoms with van der Waals surface area (Å²) in [5, 5.41) is 58.3. The molecule has 1 atom stereocenters. The quantitative estimate of drug-likeness (QED) is 0.126. The summed E-state index contributed by atoms with van der Waals surface area (Å²) in [6.07, 6.45) is 0.600. The van der Waals surface area contributed by atoms with E-state index in [2.05, 4.69) is 0 Å². The fraction of sp³-hybridized carbons (Fsp3) is 0.0769. The van der Waals surface area contributed by atoms with Crippen LogP contribution >= 0.6 is 0 Å². The molecule has 1 heterocycles. The van der Waals surface area contributed by atoms with Gasteiger partial charge in [-0.1, -0.05) is 12.1 Å². The molecular weight excluding hydrogens is 472 g/mol. The van der Waals surface area contributed by atoms with Crippen LogP contribution in [0.15, 0.2) is 65.1 Å². The second kappa shape index (κ2) is 9.63. The van der Waals surface area contributed by atoms with E-state index in [4.69, 9.17) is 9.15 Å². The third-order valence-electron chi connectivity index (χ3n) is 5.35. The van der Waals surface area contributed by atoms with Crippen LogP contribution in [0.25, 0.3) is 28.4 Å². The van der Waals surface area contributed by atoms with Crippen molar-refractivity contribution in [1.29, 1.82) is 0 Å². The maximum Gasteiger partial charge on any atom is 0.345 e. The van der Waals surface area contributed by atoms with E-state index >= 15 is 0 Å². The summed E-state index contributed by atoms with van der Waals surface area (Å²) in [7, 11) is 0. The van der Waals surface area contributed by atoms with Crippen molar-refractivity contribution in [3.63, 3.8) is 0 Å². The Morgan fingerprint density at radius 1 is 0.833 bits per heavy atom. The van der Waals surface area contributed by atoms with Gasteiger partial charge in [-0.3, -0.25) is 0 Å². The van der Waals surface area contributed by atoms with Crippen LogP contribution in [-0.4, -0.2) is 48.7 Å². The molecule has 0 saturated heterocycles. The Labute approximate surface area is 203 Å². The van der Waals surface area contributed by atoms with Crippen molar-refractivity contribution < 1.29 is 49.4 Å². The first-order valence-corrected chi connectivity index (χ1v) is 10.5. The molecular formula is C26H20O10. The molecule has 36 heavy (non-hydrogen) atoms. The van der Waals surface area contributed by atoms with Crippen LogP contribution in [0, 0.1) is 0 Å². The van der Waals surface area contributed by atoms with Crippen LogP contribution < -0.4 is 0 Å². The zero-order valence-corrected chi connectivity index (χ0v) is 18.5. The number of ether oxygens (including phenoxy) is 1. The van der Waals surface area contributed by atoms with Crippen molar-refractivity contribution in [2.45, 2.75) is 12.5 Å². The van der Waals surface area contributed by atoms with Gasteiger partial charge in [-0.25, -0.2) is 9.59 Å². The fourth-order valence-electron chi connectivity index (χ4n) is 3.52. The molecule has 0 radical (unpaired) electrons. The fourth-order valence-corrected chi connectivity index (χ4v) is 3.52. The summed E-state index contributed by atoms with van der Waals surface area (Å²) < 4.78 is 10.7. The summed E-state index contributed by atoms with van der Waals surface area (Å²) in [5.74, 6) is -3.68. The molecule has 10 heteroatoms. The minimum Gasteiger partial charge on any atom is -0.504 e. The number of benzene rings is 3. The van der Waals surface area contributed by atoms with E-state index in [-0.39, 0.29) is 40.8 Å². The normalized spacial score (nSPS) is 12.1. The highest BCUT2D eigenvalue weighted by molar-refractivity contribution is 5.97.